The normalized spacial score (nSPS) is 11.2. The van der Waals surface area contributed by atoms with Gasteiger partial charge in [0.05, 0.1) is 22.6 Å². The van der Waals surface area contributed by atoms with E-state index < -0.39 is 0 Å². The van der Waals surface area contributed by atoms with E-state index in [1.165, 1.54) is 11.8 Å². The van der Waals surface area contributed by atoms with E-state index in [9.17, 15) is 0 Å². The van der Waals surface area contributed by atoms with Crippen LogP contribution >= 0.6 is 23.4 Å². The van der Waals surface area contributed by atoms with E-state index in [0.29, 0.717) is 22.5 Å². The number of hydrogen-bond donors (Lipinski definition) is 0. The Morgan fingerprint density at radius 1 is 1.15 bits per heavy atom. The van der Waals surface area contributed by atoms with Crippen LogP contribution in [0.5, 0.6) is 0 Å². The minimum Gasteiger partial charge on any atom is -0.469 e. The number of rotatable bonds is 5. The molecule has 1 aromatic carbocycles. The lowest BCUT2D eigenvalue weighted by molar-refractivity contribution is 0.391. The standard InChI is InChI=1S/C17H14ClN5O2S/c1-10-11(7-8-24-10)16-20-21-17(23(16)2)26-9-14-19-15(22-25-14)12-5-3-4-6-13(12)18/h3-8H,9H2,1-2H3. The van der Waals surface area contributed by atoms with Gasteiger partial charge in [0.25, 0.3) is 0 Å². The highest BCUT2D eigenvalue weighted by atomic mass is 35.5. The van der Waals surface area contributed by atoms with Crippen LogP contribution in [0, 0.1) is 6.92 Å². The quantitative estimate of drug-likeness (QED) is 0.470. The fourth-order valence-electron chi connectivity index (χ4n) is 2.48. The lowest BCUT2D eigenvalue weighted by atomic mass is 10.2. The van der Waals surface area contributed by atoms with Crippen molar-refractivity contribution in [1.29, 1.82) is 0 Å². The molecule has 0 aliphatic carbocycles. The Balaban J connectivity index is 1.50. The minimum absolute atomic E-state index is 0.471. The fourth-order valence-corrected chi connectivity index (χ4v) is 3.45. The zero-order chi connectivity index (χ0) is 18.1. The summed E-state index contributed by atoms with van der Waals surface area (Å²) in [6, 6.07) is 9.26. The van der Waals surface area contributed by atoms with Crippen molar-refractivity contribution in [3.8, 4) is 22.8 Å². The number of nitrogens with zero attached hydrogens (tertiary/aromatic N) is 5. The topological polar surface area (TPSA) is 82.8 Å². The van der Waals surface area contributed by atoms with Crippen molar-refractivity contribution in [3.05, 3.63) is 53.3 Å². The monoisotopic (exact) mass is 387 g/mol. The van der Waals surface area contributed by atoms with Crippen molar-refractivity contribution in [2.45, 2.75) is 17.8 Å². The minimum atomic E-state index is 0.471. The first kappa shape index (κ1) is 16.9. The van der Waals surface area contributed by atoms with Gasteiger partial charge in [-0.05, 0) is 25.1 Å². The van der Waals surface area contributed by atoms with Crippen molar-refractivity contribution in [2.75, 3.05) is 0 Å². The third-order valence-electron chi connectivity index (χ3n) is 3.84. The van der Waals surface area contributed by atoms with Crippen LogP contribution in [0.2, 0.25) is 5.02 Å². The SMILES string of the molecule is Cc1occc1-c1nnc(SCc2nc(-c3ccccc3Cl)no2)n1C. The Kier molecular flexibility index (Phi) is 4.52. The van der Waals surface area contributed by atoms with Crippen molar-refractivity contribution >= 4 is 23.4 Å². The third-order valence-corrected chi connectivity index (χ3v) is 5.18. The van der Waals surface area contributed by atoms with Gasteiger partial charge in [-0.15, -0.1) is 10.2 Å². The van der Waals surface area contributed by atoms with E-state index in [1.807, 2.05) is 42.8 Å². The number of hydrogen-bond acceptors (Lipinski definition) is 7. The van der Waals surface area contributed by atoms with Gasteiger partial charge in [0.15, 0.2) is 11.0 Å². The molecule has 0 N–H and O–H groups in total. The summed E-state index contributed by atoms with van der Waals surface area (Å²) >= 11 is 7.64. The number of benzene rings is 1. The van der Waals surface area contributed by atoms with Crippen molar-refractivity contribution < 1.29 is 8.94 Å². The molecule has 0 saturated heterocycles. The molecule has 0 atom stereocenters. The highest BCUT2D eigenvalue weighted by Crippen LogP contribution is 2.29. The third kappa shape index (κ3) is 3.13. The maximum atomic E-state index is 6.17. The summed E-state index contributed by atoms with van der Waals surface area (Å²) in [7, 11) is 1.91. The van der Waals surface area contributed by atoms with Gasteiger partial charge in [-0.2, -0.15) is 4.98 Å². The Hall–Kier alpha value is -2.58. The summed E-state index contributed by atoms with van der Waals surface area (Å²) in [5, 5.41) is 13.8. The van der Waals surface area contributed by atoms with Crippen molar-refractivity contribution in [1.82, 2.24) is 24.9 Å². The van der Waals surface area contributed by atoms with E-state index in [2.05, 4.69) is 20.3 Å². The first-order valence-electron chi connectivity index (χ1n) is 7.77. The molecule has 4 aromatic rings. The lowest BCUT2D eigenvalue weighted by Crippen LogP contribution is -1.95. The average molecular weight is 388 g/mol. The van der Waals surface area contributed by atoms with E-state index in [-0.39, 0.29) is 0 Å². The second-order valence-corrected chi connectivity index (χ2v) is 6.89. The molecule has 0 amide bonds. The predicted octanol–water partition coefficient (Wildman–Crippen LogP) is 4.38. The molecule has 132 valence electrons. The van der Waals surface area contributed by atoms with E-state index >= 15 is 0 Å². The molecule has 0 fully saturated rings. The van der Waals surface area contributed by atoms with E-state index in [4.69, 9.17) is 20.5 Å². The van der Waals surface area contributed by atoms with Gasteiger partial charge in [-0.25, -0.2) is 0 Å². The molecule has 3 heterocycles. The van der Waals surface area contributed by atoms with Gasteiger partial charge in [-0.3, -0.25) is 0 Å². The maximum absolute atomic E-state index is 6.17. The largest absolute Gasteiger partial charge is 0.469 e. The number of aryl methyl sites for hydroxylation is 1. The molecule has 0 bridgehead atoms. The molecular weight excluding hydrogens is 374 g/mol. The molecule has 3 aromatic heterocycles. The van der Waals surface area contributed by atoms with Crippen LogP contribution in [0.1, 0.15) is 11.7 Å². The summed E-state index contributed by atoms with van der Waals surface area (Å²) in [4.78, 5) is 4.40. The van der Waals surface area contributed by atoms with Crippen LogP contribution in [-0.2, 0) is 12.8 Å². The Bertz CT molecular complexity index is 1060. The van der Waals surface area contributed by atoms with Gasteiger partial charge in [-0.1, -0.05) is 40.7 Å². The van der Waals surface area contributed by atoms with Gasteiger partial charge in [0, 0.05) is 12.6 Å². The molecule has 9 heteroatoms. The number of aromatic nitrogens is 5. The zero-order valence-corrected chi connectivity index (χ0v) is 15.6. The second kappa shape index (κ2) is 6.97. The second-order valence-electron chi connectivity index (χ2n) is 5.54. The summed E-state index contributed by atoms with van der Waals surface area (Å²) < 4.78 is 12.6. The number of halogens is 1. The molecule has 0 radical (unpaired) electrons. The van der Waals surface area contributed by atoms with Gasteiger partial charge in [0.2, 0.25) is 11.7 Å². The zero-order valence-electron chi connectivity index (χ0n) is 14.0. The summed E-state index contributed by atoms with van der Waals surface area (Å²) in [6.07, 6.45) is 1.64. The molecule has 0 saturated carbocycles. The summed E-state index contributed by atoms with van der Waals surface area (Å²) in [5.74, 6) is 3.00. The van der Waals surface area contributed by atoms with Crippen LogP contribution < -0.4 is 0 Å². The molecule has 0 unspecified atom stereocenters. The Morgan fingerprint density at radius 3 is 2.77 bits per heavy atom. The van der Waals surface area contributed by atoms with E-state index in [1.54, 1.807) is 12.3 Å². The highest BCUT2D eigenvalue weighted by molar-refractivity contribution is 7.98. The number of furan rings is 1. The lowest BCUT2D eigenvalue weighted by Gasteiger charge is -2.01. The first-order valence-corrected chi connectivity index (χ1v) is 9.14. The smallest absolute Gasteiger partial charge is 0.237 e. The molecular formula is C17H14ClN5O2S. The molecule has 26 heavy (non-hydrogen) atoms. The van der Waals surface area contributed by atoms with Gasteiger partial charge >= 0.3 is 0 Å². The van der Waals surface area contributed by atoms with Crippen LogP contribution in [0.4, 0.5) is 0 Å². The Morgan fingerprint density at radius 2 is 2.00 bits per heavy atom. The summed E-state index contributed by atoms with van der Waals surface area (Å²) in [5.41, 5.74) is 1.66. The molecule has 7 nitrogen and oxygen atoms in total. The summed E-state index contributed by atoms with van der Waals surface area (Å²) in [6.45, 7) is 1.89. The predicted molar refractivity (Wildman–Crippen MR) is 97.7 cm³/mol. The van der Waals surface area contributed by atoms with Gasteiger partial charge in [0.1, 0.15) is 5.76 Å². The fraction of sp³-hybridized carbons (Fsp3) is 0.176. The van der Waals surface area contributed by atoms with Crippen LogP contribution in [0.15, 0.2) is 50.7 Å². The van der Waals surface area contributed by atoms with Crippen LogP contribution in [-0.4, -0.2) is 24.9 Å². The van der Waals surface area contributed by atoms with Crippen molar-refractivity contribution in [2.24, 2.45) is 7.05 Å². The highest BCUT2D eigenvalue weighted by Gasteiger charge is 2.17. The van der Waals surface area contributed by atoms with Crippen LogP contribution in [0.3, 0.4) is 0 Å². The first-order chi connectivity index (χ1) is 12.6. The van der Waals surface area contributed by atoms with E-state index in [0.717, 1.165) is 27.9 Å². The molecule has 0 spiro atoms. The Labute approximate surface area is 158 Å². The average Bonchev–Trinajstić information content (AvgIpc) is 3.34. The number of thioether (sulfide) groups is 1. The van der Waals surface area contributed by atoms with Gasteiger partial charge < -0.3 is 13.5 Å². The molecule has 0 aliphatic heterocycles. The molecule has 0 aliphatic rings. The van der Waals surface area contributed by atoms with Crippen LogP contribution in [0.25, 0.3) is 22.8 Å². The van der Waals surface area contributed by atoms with Crippen molar-refractivity contribution in [3.63, 3.8) is 0 Å². The molecule has 4 rings (SSSR count). The maximum Gasteiger partial charge on any atom is 0.237 e.